The lowest BCUT2D eigenvalue weighted by molar-refractivity contribution is 0.151. The maximum atomic E-state index is 6.64. The number of halogens is 1. The number of benzene rings is 1. The molecule has 1 aromatic carbocycles. The zero-order valence-electron chi connectivity index (χ0n) is 11.3. The molecule has 2 N–H and O–H groups in total. The van der Waals surface area contributed by atoms with E-state index in [2.05, 4.69) is 30.9 Å². The van der Waals surface area contributed by atoms with Gasteiger partial charge in [-0.2, -0.15) is 0 Å². The molecule has 0 bridgehead atoms. The second-order valence-corrected chi connectivity index (χ2v) is 5.89. The molecule has 1 saturated heterocycles. The van der Waals surface area contributed by atoms with E-state index in [0.29, 0.717) is 6.04 Å². The van der Waals surface area contributed by atoms with Crippen molar-refractivity contribution in [2.24, 2.45) is 5.73 Å². The van der Waals surface area contributed by atoms with E-state index in [1.165, 1.54) is 31.5 Å². The topological polar surface area (TPSA) is 29.3 Å². The van der Waals surface area contributed by atoms with Gasteiger partial charge < -0.3 is 5.73 Å². The highest BCUT2D eigenvalue weighted by Crippen LogP contribution is 2.30. The number of hydrogen-bond donors (Lipinski definition) is 1. The number of hydrogen-bond acceptors (Lipinski definition) is 2. The summed E-state index contributed by atoms with van der Waals surface area (Å²) in [5, 5.41) is 0.767. The van der Waals surface area contributed by atoms with E-state index in [1.54, 1.807) is 0 Å². The Labute approximate surface area is 115 Å². The predicted molar refractivity (Wildman–Crippen MR) is 77.9 cm³/mol. The average molecular weight is 267 g/mol. The summed E-state index contributed by atoms with van der Waals surface area (Å²) in [5.74, 6) is 0. The molecule has 2 atom stereocenters. The molecule has 2 unspecified atom stereocenters. The quantitative estimate of drug-likeness (QED) is 0.905. The van der Waals surface area contributed by atoms with Crippen molar-refractivity contribution in [3.05, 3.63) is 34.9 Å². The highest BCUT2D eigenvalue weighted by atomic mass is 35.5. The molecule has 1 aromatic rings. The molecule has 0 saturated carbocycles. The number of nitrogens with zero attached hydrogens (tertiary/aromatic N) is 1. The van der Waals surface area contributed by atoms with Crippen LogP contribution in [0.5, 0.6) is 0 Å². The van der Waals surface area contributed by atoms with E-state index >= 15 is 0 Å². The third-order valence-electron chi connectivity index (χ3n) is 4.13. The Hall–Kier alpha value is -0.570. The van der Waals surface area contributed by atoms with Crippen LogP contribution < -0.4 is 5.73 Å². The van der Waals surface area contributed by atoms with Gasteiger partial charge in [-0.1, -0.05) is 30.7 Å². The van der Waals surface area contributed by atoms with Crippen LogP contribution in [0.3, 0.4) is 0 Å². The van der Waals surface area contributed by atoms with Crippen LogP contribution in [-0.2, 0) is 5.54 Å². The minimum absolute atomic E-state index is 0.316. The van der Waals surface area contributed by atoms with Gasteiger partial charge in [0.05, 0.1) is 5.54 Å². The summed E-state index contributed by atoms with van der Waals surface area (Å²) in [6.45, 7) is 6.73. The van der Waals surface area contributed by atoms with Crippen LogP contribution in [0.4, 0.5) is 0 Å². The minimum Gasteiger partial charge on any atom is -0.320 e. The zero-order chi connectivity index (χ0) is 13.2. The van der Waals surface area contributed by atoms with Crippen LogP contribution >= 0.6 is 11.6 Å². The zero-order valence-corrected chi connectivity index (χ0v) is 12.1. The molecule has 2 rings (SSSR count). The van der Waals surface area contributed by atoms with E-state index in [-0.39, 0.29) is 5.54 Å². The van der Waals surface area contributed by atoms with Gasteiger partial charge in [-0.15, -0.1) is 0 Å². The molecule has 0 amide bonds. The van der Waals surface area contributed by atoms with Crippen LogP contribution in [-0.4, -0.2) is 24.0 Å². The van der Waals surface area contributed by atoms with E-state index in [0.717, 1.165) is 11.4 Å². The van der Waals surface area contributed by atoms with Crippen LogP contribution in [0.25, 0.3) is 0 Å². The third kappa shape index (κ3) is 2.71. The number of nitrogens with two attached hydrogens (primary N) is 1. The molecule has 3 heteroatoms. The van der Waals surface area contributed by atoms with Crippen molar-refractivity contribution < 1.29 is 0 Å². The van der Waals surface area contributed by atoms with Crippen molar-refractivity contribution in [3.8, 4) is 0 Å². The first-order valence-electron chi connectivity index (χ1n) is 6.84. The summed E-state index contributed by atoms with van der Waals surface area (Å²) in [6.07, 6.45) is 3.68. The largest absolute Gasteiger partial charge is 0.320 e. The Balaban J connectivity index is 2.23. The standard InChI is InChI=1S/C15H23ClN2/c1-3-14(18-10-4-5-11-18)15(2,17)12-6-8-13(16)9-7-12/h6-9,14H,3-5,10-11,17H2,1-2H3. The summed E-state index contributed by atoms with van der Waals surface area (Å²) in [7, 11) is 0. The normalized spacial score (nSPS) is 21.8. The molecule has 1 aliphatic heterocycles. The van der Waals surface area contributed by atoms with Crippen molar-refractivity contribution in [1.29, 1.82) is 0 Å². The summed E-state index contributed by atoms with van der Waals surface area (Å²) in [6, 6.07) is 8.38. The Bertz CT molecular complexity index is 380. The van der Waals surface area contributed by atoms with Gasteiger partial charge in [-0.05, 0) is 57.0 Å². The van der Waals surface area contributed by atoms with Crippen LogP contribution in [0.15, 0.2) is 24.3 Å². The molecule has 0 aliphatic carbocycles. The SMILES string of the molecule is CCC(N1CCCC1)C(C)(N)c1ccc(Cl)cc1. The van der Waals surface area contributed by atoms with Gasteiger partial charge in [-0.25, -0.2) is 0 Å². The lowest BCUT2D eigenvalue weighted by atomic mass is 9.83. The molecule has 1 aliphatic rings. The van der Waals surface area contributed by atoms with Crippen molar-refractivity contribution in [2.45, 2.75) is 44.7 Å². The summed E-state index contributed by atoms with van der Waals surface area (Å²) < 4.78 is 0. The second kappa shape index (κ2) is 5.60. The fourth-order valence-corrected chi connectivity index (χ4v) is 3.24. The summed E-state index contributed by atoms with van der Waals surface area (Å²) >= 11 is 5.95. The monoisotopic (exact) mass is 266 g/mol. The van der Waals surface area contributed by atoms with E-state index in [9.17, 15) is 0 Å². The van der Waals surface area contributed by atoms with Crippen molar-refractivity contribution >= 4 is 11.6 Å². The first-order valence-corrected chi connectivity index (χ1v) is 7.22. The third-order valence-corrected chi connectivity index (χ3v) is 4.38. The highest BCUT2D eigenvalue weighted by Gasteiger charge is 2.35. The second-order valence-electron chi connectivity index (χ2n) is 5.46. The lowest BCUT2D eigenvalue weighted by Gasteiger charge is -2.40. The molecular weight excluding hydrogens is 244 g/mol. The first kappa shape index (κ1) is 13.9. The van der Waals surface area contributed by atoms with E-state index < -0.39 is 0 Å². The fourth-order valence-electron chi connectivity index (χ4n) is 3.12. The number of rotatable bonds is 4. The Morgan fingerprint density at radius 2 is 1.83 bits per heavy atom. The highest BCUT2D eigenvalue weighted by molar-refractivity contribution is 6.30. The minimum atomic E-state index is -0.316. The van der Waals surface area contributed by atoms with Crippen molar-refractivity contribution in [3.63, 3.8) is 0 Å². The summed E-state index contributed by atoms with van der Waals surface area (Å²) in [5.41, 5.74) is 7.49. The number of likely N-dealkylation sites (tertiary alicyclic amines) is 1. The van der Waals surface area contributed by atoms with Crippen molar-refractivity contribution in [2.75, 3.05) is 13.1 Å². The van der Waals surface area contributed by atoms with Crippen molar-refractivity contribution in [1.82, 2.24) is 4.90 Å². The molecule has 2 nitrogen and oxygen atoms in total. The molecule has 1 fully saturated rings. The predicted octanol–water partition coefficient (Wildman–Crippen LogP) is 3.39. The van der Waals surface area contributed by atoms with Crippen LogP contribution in [0.2, 0.25) is 5.02 Å². The molecular formula is C15H23ClN2. The maximum Gasteiger partial charge on any atom is 0.0538 e. The fraction of sp³-hybridized carbons (Fsp3) is 0.600. The smallest absolute Gasteiger partial charge is 0.0538 e. The molecule has 1 heterocycles. The van der Waals surface area contributed by atoms with Gasteiger partial charge in [0.25, 0.3) is 0 Å². The van der Waals surface area contributed by atoms with Gasteiger partial charge in [0.1, 0.15) is 0 Å². The van der Waals surface area contributed by atoms with Gasteiger partial charge >= 0.3 is 0 Å². The van der Waals surface area contributed by atoms with Gasteiger partial charge in [0.2, 0.25) is 0 Å². The lowest BCUT2D eigenvalue weighted by Crippen LogP contribution is -2.53. The van der Waals surface area contributed by atoms with E-state index in [1.807, 2.05) is 12.1 Å². The maximum absolute atomic E-state index is 6.64. The molecule has 18 heavy (non-hydrogen) atoms. The Morgan fingerprint density at radius 3 is 2.33 bits per heavy atom. The first-order chi connectivity index (χ1) is 8.55. The van der Waals surface area contributed by atoms with E-state index in [4.69, 9.17) is 17.3 Å². The Morgan fingerprint density at radius 1 is 1.28 bits per heavy atom. The molecule has 0 radical (unpaired) electrons. The summed E-state index contributed by atoms with van der Waals surface area (Å²) in [4.78, 5) is 2.54. The van der Waals surface area contributed by atoms with Gasteiger partial charge in [0, 0.05) is 11.1 Å². The van der Waals surface area contributed by atoms with Crippen LogP contribution in [0.1, 0.15) is 38.7 Å². The molecule has 0 spiro atoms. The Kier molecular flexibility index (Phi) is 4.31. The molecule has 100 valence electrons. The van der Waals surface area contributed by atoms with Crippen LogP contribution in [0, 0.1) is 0 Å². The average Bonchev–Trinajstić information content (AvgIpc) is 2.84. The van der Waals surface area contributed by atoms with Gasteiger partial charge in [-0.3, -0.25) is 4.90 Å². The molecule has 0 aromatic heterocycles. The van der Waals surface area contributed by atoms with Gasteiger partial charge in [0.15, 0.2) is 0 Å².